The molecule has 0 aliphatic heterocycles. The van der Waals surface area contributed by atoms with Gasteiger partial charge >= 0.3 is 0 Å². The van der Waals surface area contributed by atoms with Crippen molar-refractivity contribution in [1.29, 1.82) is 0 Å². The average molecular weight is 245 g/mol. The van der Waals surface area contributed by atoms with Crippen molar-refractivity contribution in [2.75, 3.05) is 5.01 Å². The van der Waals surface area contributed by atoms with Gasteiger partial charge in [0.2, 0.25) is 5.91 Å². The molecule has 0 bridgehead atoms. The highest BCUT2D eigenvalue weighted by atomic mass is 16.2. The van der Waals surface area contributed by atoms with E-state index in [1.54, 1.807) is 24.5 Å². The molecule has 18 heavy (non-hydrogen) atoms. The zero-order valence-electron chi connectivity index (χ0n) is 10.2. The van der Waals surface area contributed by atoms with Crippen molar-refractivity contribution in [2.24, 2.45) is 0 Å². The van der Waals surface area contributed by atoms with Crippen LogP contribution in [0, 0.1) is 0 Å². The molecule has 0 atom stereocenters. The summed E-state index contributed by atoms with van der Waals surface area (Å²) in [7, 11) is 0. The Hall–Kier alpha value is -2.24. The van der Waals surface area contributed by atoms with Crippen LogP contribution in [0.4, 0.5) is 5.82 Å². The number of nitrogens with zero attached hydrogens (tertiary/aromatic N) is 5. The van der Waals surface area contributed by atoms with E-state index in [1.165, 1.54) is 16.0 Å². The summed E-state index contributed by atoms with van der Waals surface area (Å²) in [6.07, 6.45) is 7.08. The Balaban J connectivity index is 2.27. The lowest BCUT2D eigenvalue weighted by Crippen LogP contribution is -2.37. The number of amides is 1. The fourth-order valence-corrected chi connectivity index (χ4v) is 1.57. The fourth-order valence-electron chi connectivity index (χ4n) is 1.57. The predicted octanol–water partition coefficient (Wildman–Crippen LogP) is 1.66. The summed E-state index contributed by atoms with van der Waals surface area (Å²) in [6, 6.07) is 5.41. The molecule has 2 rings (SSSR count). The second-order valence-corrected chi connectivity index (χ2v) is 3.82. The van der Waals surface area contributed by atoms with Gasteiger partial charge in [-0.3, -0.25) is 4.79 Å². The third-order valence-corrected chi connectivity index (χ3v) is 2.46. The van der Waals surface area contributed by atoms with Crippen LogP contribution in [-0.4, -0.2) is 26.0 Å². The minimum absolute atomic E-state index is 0.0407. The van der Waals surface area contributed by atoms with Gasteiger partial charge in [-0.15, -0.1) is 5.10 Å². The summed E-state index contributed by atoms with van der Waals surface area (Å²) in [4.78, 5) is 17.8. The van der Waals surface area contributed by atoms with Crippen molar-refractivity contribution in [2.45, 2.75) is 26.2 Å². The van der Waals surface area contributed by atoms with E-state index in [0.29, 0.717) is 12.2 Å². The summed E-state index contributed by atoms with van der Waals surface area (Å²) >= 11 is 0. The van der Waals surface area contributed by atoms with E-state index >= 15 is 0 Å². The van der Waals surface area contributed by atoms with Gasteiger partial charge in [-0.25, -0.2) is 4.98 Å². The van der Waals surface area contributed by atoms with Crippen LogP contribution in [0.1, 0.15) is 26.2 Å². The van der Waals surface area contributed by atoms with Crippen LogP contribution in [-0.2, 0) is 4.79 Å². The molecule has 94 valence electrons. The number of hydrogen-bond donors (Lipinski definition) is 0. The second-order valence-electron chi connectivity index (χ2n) is 3.82. The van der Waals surface area contributed by atoms with Gasteiger partial charge in [0.25, 0.3) is 0 Å². The molecule has 0 aromatic carbocycles. The molecule has 0 aliphatic carbocycles. The molecule has 2 aromatic heterocycles. The van der Waals surface area contributed by atoms with Gasteiger partial charge in [-0.05, 0) is 23.8 Å². The zero-order valence-corrected chi connectivity index (χ0v) is 10.2. The molecule has 2 heterocycles. The van der Waals surface area contributed by atoms with E-state index in [1.807, 2.05) is 13.0 Å². The summed E-state index contributed by atoms with van der Waals surface area (Å²) in [6.45, 7) is 2.05. The summed E-state index contributed by atoms with van der Waals surface area (Å²) in [5.41, 5.74) is 0. The van der Waals surface area contributed by atoms with Gasteiger partial charge in [0.1, 0.15) is 0 Å². The van der Waals surface area contributed by atoms with Gasteiger partial charge in [-0.1, -0.05) is 19.4 Å². The molecule has 0 fully saturated rings. The Bertz CT molecular complexity index is 482. The molecule has 0 radical (unpaired) electrons. The number of carbonyl (C=O) groups excluding carboxylic acids is 1. The van der Waals surface area contributed by atoms with Crippen LogP contribution in [0.15, 0.2) is 36.8 Å². The van der Waals surface area contributed by atoms with Crippen LogP contribution in [0.5, 0.6) is 0 Å². The Morgan fingerprint density at radius 3 is 2.89 bits per heavy atom. The number of hydrogen-bond acceptors (Lipinski definition) is 4. The Kier molecular flexibility index (Phi) is 4.01. The lowest BCUT2D eigenvalue weighted by molar-refractivity contribution is -0.119. The van der Waals surface area contributed by atoms with Crippen LogP contribution >= 0.6 is 0 Å². The summed E-state index contributed by atoms with van der Waals surface area (Å²) in [5, 5.41) is 9.01. The SMILES string of the molecule is CCCCC(=O)N(c1ccccn1)n1ccnn1. The molecule has 0 unspecified atom stereocenters. The topological polar surface area (TPSA) is 63.9 Å². The zero-order chi connectivity index (χ0) is 12.8. The van der Waals surface area contributed by atoms with Gasteiger partial charge in [0, 0.05) is 12.6 Å². The van der Waals surface area contributed by atoms with E-state index in [-0.39, 0.29) is 5.91 Å². The van der Waals surface area contributed by atoms with Gasteiger partial charge in [-0.2, -0.15) is 9.80 Å². The fraction of sp³-hybridized carbons (Fsp3) is 0.333. The van der Waals surface area contributed by atoms with E-state index in [9.17, 15) is 4.79 Å². The monoisotopic (exact) mass is 245 g/mol. The van der Waals surface area contributed by atoms with E-state index in [0.717, 1.165) is 12.8 Å². The molecule has 2 aromatic rings. The highest BCUT2D eigenvalue weighted by Crippen LogP contribution is 2.12. The first-order valence-corrected chi connectivity index (χ1v) is 5.93. The Morgan fingerprint density at radius 1 is 1.39 bits per heavy atom. The van der Waals surface area contributed by atoms with Crippen LogP contribution in [0.25, 0.3) is 0 Å². The first-order valence-electron chi connectivity index (χ1n) is 5.93. The maximum Gasteiger partial charge on any atom is 0.248 e. The first-order chi connectivity index (χ1) is 8.83. The van der Waals surface area contributed by atoms with Crippen molar-refractivity contribution in [3.63, 3.8) is 0 Å². The minimum Gasteiger partial charge on any atom is -0.273 e. The predicted molar refractivity (Wildman–Crippen MR) is 66.7 cm³/mol. The van der Waals surface area contributed by atoms with Crippen molar-refractivity contribution >= 4 is 11.7 Å². The minimum atomic E-state index is -0.0407. The van der Waals surface area contributed by atoms with E-state index in [4.69, 9.17) is 0 Å². The Morgan fingerprint density at radius 2 is 2.28 bits per heavy atom. The molecule has 6 heteroatoms. The first kappa shape index (κ1) is 12.2. The van der Waals surface area contributed by atoms with Crippen molar-refractivity contribution in [1.82, 2.24) is 20.1 Å². The summed E-state index contributed by atoms with van der Waals surface area (Å²) in [5.74, 6) is 0.505. The molecule has 0 aliphatic rings. The molecular formula is C12H15N5O. The summed E-state index contributed by atoms with van der Waals surface area (Å²) < 4.78 is 0. The van der Waals surface area contributed by atoms with E-state index in [2.05, 4.69) is 15.3 Å². The number of carbonyl (C=O) groups is 1. The largest absolute Gasteiger partial charge is 0.273 e. The maximum absolute atomic E-state index is 12.2. The molecule has 0 N–H and O–H groups in total. The molecule has 6 nitrogen and oxygen atoms in total. The number of aromatic nitrogens is 4. The van der Waals surface area contributed by atoms with Gasteiger partial charge < -0.3 is 0 Å². The number of anilines is 1. The van der Waals surface area contributed by atoms with Crippen LogP contribution < -0.4 is 5.01 Å². The molecule has 0 spiro atoms. The normalized spacial score (nSPS) is 10.3. The molecule has 0 saturated heterocycles. The van der Waals surface area contributed by atoms with Crippen molar-refractivity contribution in [3.8, 4) is 0 Å². The second kappa shape index (κ2) is 5.90. The lowest BCUT2D eigenvalue weighted by atomic mass is 10.2. The standard InChI is InChI=1S/C12H15N5O/c1-2-3-7-12(18)17(16-10-9-14-15-16)11-6-4-5-8-13-11/h4-6,8-10H,2-3,7H2,1H3. The smallest absolute Gasteiger partial charge is 0.248 e. The highest BCUT2D eigenvalue weighted by molar-refractivity contribution is 5.91. The lowest BCUT2D eigenvalue weighted by Gasteiger charge is -2.20. The van der Waals surface area contributed by atoms with Gasteiger partial charge in [0.05, 0.1) is 12.4 Å². The van der Waals surface area contributed by atoms with Crippen molar-refractivity contribution in [3.05, 3.63) is 36.8 Å². The number of rotatable bonds is 5. The number of pyridine rings is 1. The molecule has 1 amide bonds. The quantitative estimate of drug-likeness (QED) is 0.803. The average Bonchev–Trinajstić information content (AvgIpc) is 2.92. The molecule has 0 saturated carbocycles. The third kappa shape index (κ3) is 2.71. The Labute approximate surface area is 105 Å². The number of unbranched alkanes of at least 4 members (excludes halogenated alkanes) is 1. The van der Waals surface area contributed by atoms with Gasteiger partial charge in [0.15, 0.2) is 5.82 Å². The highest BCUT2D eigenvalue weighted by Gasteiger charge is 2.18. The van der Waals surface area contributed by atoms with Crippen LogP contribution in [0.3, 0.4) is 0 Å². The van der Waals surface area contributed by atoms with Crippen molar-refractivity contribution < 1.29 is 4.79 Å². The van der Waals surface area contributed by atoms with E-state index < -0.39 is 0 Å². The van der Waals surface area contributed by atoms with Crippen LogP contribution in [0.2, 0.25) is 0 Å². The third-order valence-electron chi connectivity index (χ3n) is 2.46. The molecular weight excluding hydrogens is 230 g/mol. The maximum atomic E-state index is 12.2.